The van der Waals surface area contributed by atoms with Gasteiger partial charge in [-0.3, -0.25) is 0 Å². The Labute approximate surface area is 62.7 Å². The van der Waals surface area contributed by atoms with Crippen LogP contribution in [0.4, 0.5) is 0 Å². The number of rotatable bonds is 0. The van der Waals surface area contributed by atoms with Crippen molar-refractivity contribution in [2.24, 2.45) is 0 Å². The van der Waals surface area contributed by atoms with Gasteiger partial charge in [-0.2, -0.15) is 0 Å². The van der Waals surface area contributed by atoms with Crippen LogP contribution >= 0.6 is 11.6 Å². The number of nitrogens with one attached hydrogen (secondary N) is 1. The van der Waals surface area contributed by atoms with Crippen molar-refractivity contribution in [3.63, 3.8) is 0 Å². The number of hydrogen-bond donors (Lipinski definition) is 1. The highest BCUT2D eigenvalue weighted by Gasteiger charge is 2.00. The summed E-state index contributed by atoms with van der Waals surface area (Å²) in [5, 5.41) is 0.268. The van der Waals surface area contributed by atoms with Crippen LogP contribution < -0.4 is 0 Å². The van der Waals surface area contributed by atoms with E-state index in [0.717, 1.165) is 0 Å². The molecule has 0 fully saturated rings. The zero-order chi connectivity index (χ0) is 7.84. The second kappa shape index (κ2) is 1.91. The normalized spacial score (nSPS) is 11.9. The van der Waals surface area contributed by atoms with Crippen LogP contribution in [0.15, 0.2) is 12.6 Å². The topological polar surface area (TPSA) is 54.5 Å². The SMILES string of the molecule is [2H]c1nc2c(Cl)ncnc2[nH]1. The fourth-order valence-corrected chi connectivity index (χ4v) is 0.860. The highest BCUT2D eigenvalue weighted by atomic mass is 35.5. The molecule has 10 heavy (non-hydrogen) atoms. The predicted octanol–water partition coefficient (Wildman–Crippen LogP) is 1.01. The van der Waals surface area contributed by atoms with Crippen molar-refractivity contribution in [3.05, 3.63) is 17.8 Å². The van der Waals surface area contributed by atoms with Crippen LogP contribution in [-0.4, -0.2) is 19.9 Å². The van der Waals surface area contributed by atoms with Crippen LogP contribution in [0.25, 0.3) is 11.2 Å². The van der Waals surface area contributed by atoms with E-state index in [1.165, 1.54) is 6.33 Å². The number of fused-ring (bicyclic) bond motifs is 1. The number of imidazole rings is 1. The molecule has 0 radical (unpaired) electrons. The zero-order valence-corrected chi connectivity index (χ0v) is 5.55. The van der Waals surface area contributed by atoms with Crippen molar-refractivity contribution in [2.45, 2.75) is 0 Å². The molecule has 2 aromatic heterocycles. The van der Waals surface area contributed by atoms with Gasteiger partial charge in [-0.15, -0.1) is 0 Å². The van der Waals surface area contributed by atoms with Gasteiger partial charge in [0.25, 0.3) is 0 Å². The average Bonchev–Trinajstić information content (AvgIpc) is 2.31. The first-order valence-corrected chi connectivity index (χ1v) is 2.98. The van der Waals surface area contributed by atoms with Gasteiger partial charge in [0, 0.05) is 0 Å². The minimum Gasteiger partial charge on any atom is -0.329 e. The largest absolute Gasteiger partial charge is 0.329 e. The number of hydrogen-bond acceptors (Lipinski definition) is 3. The van der Waals surface area contributed by atoms with Crippen LogP contribution in [0.5, 0.6) is 0 Å². The van der Waals surface area contributed by atoms with Crippen molar-refractivity contribution < 1.29 is 1.37 Å². The molecule has 0 aromatic carbocycles. The summed E-state index contributed by atoms with van der Waals surface area (Å²) in [5.41, 5.74) is 0.939. The summed E-state index contributed by atoms with van der Waals surface area (Å²) in [4.78, 5) is 13.9. The number of H-pyrrole nitrogens is 1. The molecular weight excluding hydrogens is 152 g/mol. The van der Waals surface area contributed by atoms with Crippen molar-refractivity contribution in [2.75, 3.05) is 0 Å². The van der Waals surface area contributed by atoms with Gasteiger partial charge >= 0.3 is 0 Å². The first kappa shape index (κ1) is 4.62. The molecule has 0 aliphatic heterocycles. The van der Waals surface area contributed by atoms with E-state index in [2.05, 4.69) is 19.9 Å². The fraction of sp³-hybridized carbons (Fsp3) is 0. The van der Waals surface area contributed by atoms with Crippen LogP contribution in [0.1, 0.15) is 1.37 Å². The lowest BCUT2D eigenvalue weighted by Crippen LogP contribution is -1.80. The highest BCUT2D eigenvalue weighted by molar-refractivity contribution is 6.33. The summed E-state index contributed by atoms with van der Waals surface area (Å²) in [6.07, 6.45) is 1.37. The molecule has 5 heteroatoms. The van der Waals surface area contributed by atoms with Crippen molar-refractivity contribution >= 4 is 22.8 Å². The maximum atomic E-state index is 7.13. The Morgan fingerprint density at radius 1 is 1.50 bits per heavy atom. The minimum absolute atomic E-state index is 0.0439. The van der Waals surface area contributed by atoms with E-state index in [4.69, 9.17) is 13.0 Å². The molecule has 0 saturated carbocycles. The summed E-state index contributed by atoms with van der Waals surface area (Å²) in [5.74, 6) is 0. The fourth-order valence-electron chi connectivity index (χ4n) is 0.685. The maximum absolute atomic E-state index is 7.13. The smallest absolute Gasteiger partial charge is 0.162 e. The van der Waals surface area contributed by atoms with E-state index in [0.29, 0.717) is 11.2 Å². The van der Waals surface area contributed by atoms with Crippen LogP contribution in [0.3, 0.4) is 0 Å². The first-order chi connectivity index (χ1) is 5.27. The van der Waals surface area contributed by atoms with E-state index in [1.807, 2.05) is 0 Å². The number of nitrogens with zero attached hydrogens (tertiary/aromatic N) is 3. The van der Waals surface area contributed by atoms with E-state index in [1.54, 1.807) is 0 Å². The molecule has 0 spiro atoms. The molecule has 0 aliphatic carbocycles. The molecule has 2 heterocycles. The predicted molar refractivity (Wildman–Crippen MR) is 36.7 cm³/mol. The molecule has 50 valence electrons. The molecule has 2 rings (SSSR count). The summed E-state index contributed by atoms with van der Waals surface area (Å²) in [6.45, 7) is 0. The molecule has 0 unspecified atom stereocenters. The molecular formula is C5H3ClN4. The van der Waals surface area contributed by atoms with Gasteiger partial charge in [0.1, 0.15) is 13.2 Å². The lowest BCUT2D eigenvalue weighted by Gasteiger charge is -1.86. The molecule has 0 aliphatic rings. The molecule has 0 atom stereocenters. The average molecular weight is 156 g/mol. The van der Waals surface area contributed by atoms with Gasteiger partial charge in [-0.1, -0.05) is 11.6 Å². The summed E-state index contributed by atoms with van der Waals surface area (Å²) < 4.78 is 7.13. The van der Waals surface area contributed by atoms with Crippen LogP contribution in [0, 0.1) is 0 Å². The van der Waals surface area contributed by atoms with Gasteiger partial charge in [0.2, 0.25) is 0 Å². The molecule has 0 bridgehead atoms. The lowest BCUT2D eigenvalue weighted by molar-refractivity contribution is 1.20. The highest BCUT2D eigenvalue weighted by Crippen LogP contribution is 2.13. The molecule has 0 saturated heterocycles. The quantitative estimate of drug-likeness (QED) is 0.578. The Morgan fingerprint density at radius 3 is 3.20 bits per heavy atom. The molecule has 1 N–H and O–H groups in total. The van der Waals surface area contributed by atoms with Gasteiger partial charge in [-0.25, -0.2) is 15.0 Å². The van der Waals surface area contributed by atoms with E-state index >= 15 is 0 Å². The number of aromatic nitrogens is 4. The summed E-state index contributed by atoms with van der Waals surface area (Å²) >= 11 is 5.65. The van der Waals surface area contributed by atoms with Crippen molar-refractivity contribution in [3.8, 4) is 0 Å². The van der Waals surface area contributed by atoms with E-state index < -0.39 is 0 Å². The number of aromatic amines is 1. The van der Waals surface area contributed by atoms with Gasteiger partial charge in [-0.05, 0) is 0 Å². The van der Waals surface area contributed by atoms with E-state index in [-0.39, 0.29) is 11.5 Å². The molecule has 2 aromatic rings. The Balaban J connectivity index is 2.90. The monoisotopic (exact) mass is 155 g/mol. The number of halogens is 1. The second-order valence-electron chi connectivity index (χ2n) is 1.71. The Bertz CT molecular complexity index is 398. The third-order valence-corrected chi connectivity index (χ3v) is 1.40. The summed E-state index contributed by atoms with van der Waals surface area (Å²) in [7, 11) is 0. The Hall–Kier alpha value is -1.16. The third-order valence-electron chi connectivity index (χ3n) is 1.12. The zero-order valence-electron chi connectivity index (χ0n) is 5.80. The summed E-state index contributed by atoms with van der Waals surface area (Å²) in [6, 6.07) is 0. The van der Waals surface area contributed by atoms with Gasteiger partial charge < -0.3 is 4.98 Å². The Morgan fingerprint density at radius 2 is 2.40 bits per heavy atom. The standard InChI is InChI=1S/C5H3ClN4/c6-4-3-5(9-1-7-3)10-2-8-4/h1-2H,(H,7,8,9,10)/i1D. The second-order valence-corrected chi connectivity index (χ2v) is 2.07. The third kappa shape index (κ3) is 0.657. The van der Waals surface area contributed by atoms with E-state index in [9.17, 15) is 0 Å². The van der Waals surface area contributed by atoms with Crippen molar-refractivity contribution in [1.82, 2.24) is 19.9 Å². The van der Waals surface area contributed by atoms with Crippen LogP contribution in [-0.2, 0) is 0 Å². The van der Waals surface area contributed by atoms with Gasteiger partial charge in [0.05, 0.1) is 6.30 Å². The first-order valence-electron chi connectivity index (χ1n) is 3.10. The molecule has 4 nitrogen and oxygen atoms in total. The van der Waals surface area contributed by atoms with Gasteiger partial charge in [0.15, 0.2) is 10.8 Å². The Kier molecular flexibility index (Phi) is 0.885. The van der Waals surface area contributed by atoms with Crippen molar-refractivity contribution in [1.29, 1.82) is 0 Å². The maximum Gasteiger partial charge on any atom is 0.162 e. The molecule has 0 amide bonds. The lowest BCUT2D eigenvalue weighted by atomic mass is 10.6. The van der Waals surface area contributed by atoms with Crippen LogP contribution in [0.2, 0.25) is 5.15 Å². The minimum atomic E-state index is 0.0439.